The summed E-state index contributed by atoms with van der Waals surface area (Å²) >= 11 is 0. The molecule has 0 aliphatic heterocycles. The smallest absolute Gasteiger partial charge is 0.497 e. The first kappa shape index (κ1) is 36.2. The average Bonchev–Trinajstić information content (AvgIpc) is 3.14. The van der Waals surface area contributed by atoms with Crippen LogP contribution in [0.5, 0.6) is 11.5 Å². The van der Waals surface area contributed by atoms with Crippen LogP contribution in [0.15, 0.2) is 115 Å². The summed E-state index contributed by atoms with van der Waals surface area (Å²) in [6, 6.07) is 32.2. The Morgan fingerprint density at radius 3 is 1.94 bits per heavy atom. The van der Waals surface area contributed by atoms with Crippen LogP contribution < -0.4 is 26.7 Å². The van der Waals surface area contributed by atoms with E-state index < -0.39 is 34.0 Å². The van der Waals surface area contributed by atoms with Gasteiger partial charge in [0.2, 0.25) is 0 Å². The molecule has 0 saturated heterocycles. The molecule has 0 bridgehead atoms. The minimum atomic E-state index is -1.66. The second-order valence-electron chi connectivity index (χ2n) is 12.1. The lowest BCUT2D eigenvalue weighted by molar-refractivity contribution is -0.386. The molecular formula is C40H40N4O7. The van der Waals surface area contributed by atoms with Crippen LogP contribution in [-0.4, -0.2) is 41.7 Å². The molecule has 0 aromatic heterocycles. The van der Waals surface area contributed by atoms with Crippen molar-refractivity contribution in [3.05, 3.63) is 164 Å². The van der Waals surface area contributed by atoms with Crippen LogP contribution in [0.4, 0.5) is 16.2 Å². The van der Waals surface area contributed by atoms with Crippen molar-refractivity contribution in [3.63, 3.8) is 0 Å². The molecular weight excluding hydrogens is 648 g/mol. The predicted molar refractivity (Wildman–Crippen MR) is 195 cm³/mol. The standard InChI is InChI=1S/C40H40N4O7/c1-50-31-21-17-29(18-22-31)40(27-10-4-2-5-11-27,28-12-6-3-7-13-28)33-25-35(51-39(46)47)32(24-26-15-19-30(42)20-16-26)36(37(33)44(48)49)38(45)34(43)14-8-9-23-41/h2-7,10-13,15-22,25,34H,8-9,14,23-24,41-43H2,1H3,(H,46,47). The van der Waals surface area contributed by atoms with Gasteiger partial charge in [0.15, 0.2) is 5.78 Å². The van der Waals surface area contributed by atoms with Crippen molar-refractivity contribution in [1.82, 2.24) is 0 Å². The van der Waals surface area contributed by atoms with Gasteiger partial charge in [-0.15, -0.1) is 0 Å². The maximum Gasteiger partial charge on any atom is 0.511 e. The van der Waals surface area contributed by atoms with E-state index in [4.69, 9.17) is 26.7 Å². The van der Waals surface area contributed by atoms with Crippen LogP contribution in [0.2, 0.25) is 0 Å². The van der Waals surface area contributed by atoms with Crippen molar-refractivity contribution < 1.29 is 29.1 Å². The van der Waals surface area contributed by atoms with E-state index in [9.17, 15) is 24.8 Å². The zero-order chi connectivity index (χ0) is 36.5. The van der Waals surface area contributed by atoms with E-state index in [2.05, 4.69) is 0 Å². The van der Waals surface area contributed by atoms with Gasteiger partial charge in [-0.1, -0.05) is 91.3 Å². The third kappa shape index (κ3) is 7.59. The first-order chi connectivity index (χ1) is 24.6. The number of hydrogen-bond acceptors (Lipinski definition) is 9. The average molecular weight is 689 g/mol. The molecule has 0 amide bonds. The molecule has 1 atom stereocenters. The zero-order valence-electron chi connectivity index (χ0n) is 28.2. The normalized spacial score (nSPS) is 11.8. The second-order valence-corrected chi connectivity index (χ2v) is 12.1. The number of nitrogens with two attached hydrogens (primary N) is 3. The number of hydrogen-bond donors (Lipinski definition) is 4. The highest BCUT2D eigenvalue weighted by Gasteiger charge is 2.47. The third-order valence-electron chi connectivity index (χ3n) is 9.00. The Bertz CT molecular complexity index is 1950. The van der Waals surface area contributed by atoms with E-state index in [-0.39, 0.29) is 35.3 Å². The van der Waals surface area contributed by atoms with Gasteiger partial charge >= 0.3 is 6.16 Å². The first-order valence-electron chi connectivity index (χ1n) is 16.5. The van der Waals surface area contributed by atoms with Crippen LogP contribution >= 0.6 is 0 Å². The number of nitro benzene ring substituents is 1. The summed E-state index contributed by atoms with van der Waals surface area (Å²) in [5.41, 5.74) is 18.8. The van der Waals surface area contributed by atoms with E-state index in [1.54, 1.807) is 48.5 Å². The van der Waals surface area contributed by atoms with Gasteiger partial charge in [0.25, 0.3) is 5.69 Å². The molecule has 5 aromatic carbocycles. The molecule has 7 N–H and O–H groups in total. The van der Waals surface area contributed by atoms with Gasteiger partial charge in [0.05, 0.1) is 29.1 Å². The molecule has 11 nitrogen and oxygen atoms in total. The molecule has 1 unspecified atom stereocenters. The number of Topliss-reactive ketones (excluding diaryl/α,β-unsaturated/α-hetero) is 1. The number of nitrogens with zero attached hydrogens (tertiary/aromatic N) is 1. The third-order valence-corrected chi connectivity index (χ3v) is 9.00. The SMILES string of the molecule is COc1ccc(C(c2ccccc2)(c2ccccc2)c2cc(OC(=O)O)c(Cc3ccc(N)cc3)c(C(=O)C(N)CCCCN)c2[N+](=O)[O-])cc1. The van der Waals surface area contributed by atoms with E-state index in [1.807, 2.05) is 60.7 Å². The molecule has 262 valence electrons. The summed E-state index contributed by atoms with van der Waals surface area (Å²) in [6.07, 6.45) is -0.445. The molecule has 0 heterocycles. The minimum absolute atomic E-state index is 0.0154. The Morgan fingerprint density at radius 1 is 0.863 bits per heavy atom. The molecule has 0 aliphatic rings. The number of methoxy groups -OCH3 is 1. The molecule has 5 rings (SSSR count). The van der Waals surface area contributed by atoms with Gasteiger partial charge in [-0.25, -0.2) is 4.79 Å². The van der Waals surface area contributed by atoms with Gasteiger partial charge < -0.3 is 31.8 Å². The second kappa shape index (κ2) is 16.1. The monoisotopic (exact) mass is 688 g/mol. The Morgan fingerprint density at radius 2 is 1.43 bits per heavy atom. The van der Waals surface area contributed by atoms with E-state index in [1.165, 1.54) is 13.2 Å². The van der Waals surface area contributed by atoms with Crippen molar-refractivity contribution in [3.8, 4) is 11.5 Å². The minimum Gasteiger partial charge on any atom is -0.497 e. The number of anilines is 1. The van der Waals surface area contributed by atoms with E-state index >= 15 is 0 Å². The predicted octanol–water partition coefficient (Wildman–Crippen LogP) is 6.85. The molecule has 0 saturated carbocycles. The number of ether oxygens (including phenoxy) is 2. The number of carbonyl (C=O) groups is 2. The van der Waals surface area contributed by atoms with Crippen LogP contribution in [0.3, 0.4) is 0 Å². The van der Waals surface area contributed by atoms with Crippen LogP contribution in [-0.2, 0) is 11.8 Å². The molecule has 0 aliphatic carbocycles. The number of carbonyl (C=O) groups excluding carboxylic acids is 1. The van der Waals surface area contributed by atoms with Gasteiger partial charge in [-0.2, -0.15) is 0 Å². The van der Waals surface area contributed by atoms with Crippen molar-refractivity contribution in [2.24, 2.45) is 11.5 Å². The van der Waals surface area contributed by atoms with Crippen molar-refractivity contribution >= 4 is 23.3 Å². The number of unbranched alkanes of at least 4 members (excludes halogenated alkanes) is 1. The summed E-state index contributed by atoms with van der Waals surface area (Å²) in [5.74, 6) is -0.399. The fourth-order valence-corrected chi connectivity index (χ4v) is 6.64. The number of ketones is 1. The topological polar surface area (TPSA) is 194 Å². The lowest BCUT2D eigenvalue weighted by atomic mass is 9.63. The number of benzene rings is 5. The maximum absolute atomic E-state index is 14.6. The summed E-state index contributed by atoms with van der Waals surface area (Å²) in [4.78, 5) is 40.1. The Balaban J connectivity index is 1.99. The Kier molecular flexibility index (Phi) is 11.5. The van der Waals surface area contributed by atoms with Gasteiger partial charge in [-0.05, 0) is 72.0 Å². The van der Waals surface area contributed by atoms with Gasteiger partial charge in [0, 0.05) is 17.7 Å². The molecule has 0 fully saturated rings. The van der Waals surface area contributed by atoms with Crippen molar-refractivity contribution in [1.29, 1.82) is 0 Å². The van der Waals surface area contributed by atoms with Gasteiger partial charge in [-0.3, -0.25) is 14.9 Å². The van der Waals surface area contributed by atoms with Crippen molar-refractivity contribution in [2.45, 2.75) is 37.1 Å². The number of nitro groups is 1. The summed E-state index contributed by atoms with van der Waals surface area (Å²) in [5, 5.41) is 23.7. The summed E-state index contributed by atoms with van der Waals surface area (Å²) in [6.45, 7) is 0.383. The Hall–Kier alpha value is -6.04. The summed E-state index contributed by atoms with van der Waals surface area (Å²) in [7, 11) is 1.53. The van der Waals surface area contributed by atoms with Crippen LogP contribution in [0.1, 0.15) is 63.0 Å². The largest absolute Gasteiger partial charge is 0.511 e. The fourth-order valence-electron chi connectivity index (χ4n) is 6.64. The number of nitrogen functional groups attached to an aromatic ring is 1. The lowest BCUT2D eigenvalue weighted by Crippen LogP contribution is -2.35. The number of carboxylic acid groups (broad SMARTS) is 1. The quantitative estimate of drug-likeness (QED) is 0.0132. The fraction of sp³-hybridized carbons (Fsp3) is 0.200. The molecule has 11 heteroatoms. The van der Waals surface area contributed by atoms with Crippen molar-refractivity contribution in [2.75, 3.05) is 19.4 Å². The summed E-state index contributed by atoms with van der Waals surface area (Å²) < 4.78 is 10.9. The highest BCUT2D eigenvalue weighted by atomic mass is 16.7. The number of rotatable bonds is 15. The highest BCUT2D eigenvalue weighted by molar-refractivity contribution is 6.06. The zero-order valence-corrected chi connectivity index (χ0v) is 28.2. The molecule has 5 aromatic rings. The van der Waals surface area contributed by atoms with Gasteiger partial charge in [0.1, 0.15) is 17.1 Å². The highest BCUT2D eigenvalue weighted by Crippen LogP contribution is 2.52. The molecule has 0 radical (unpaired) electrons. The van der Waals surface area contributed by atoms with Crippen LogP contribution in [0, 0.1) is 10.1 Å². The molecule has 51 heavy (non-hydrogen) atoms. The van der Waals surface area contributed by atoms with E-state index in [0.29, 0.717) is 53.1 Å². The molecule has 0 spiro atoms. The lowest BCUT2D eigenvalue weighted by Gasteiger charge is -2.37. The van der Waals surface area contributed by atoms with E-state index in [0.717, 1.165) is 0 Å². The Labute approximate surface area is 295 Å². The first-order valence-corrected chi connectivity index (χ1v) is 16.5. The van der Waals surface area contributed by atoms with Crippen LogP contribution in [0.25, 0.3) is 0 Å². The maximum atomic E-state index is 14.6.